The fraction of sp³-hybridized carbons (Fsp3) is 0.250. The number of rotatable bonds is 4. The standard InChI is InChI=1S/C16H16ClFN2O2/c1-9(2)15(12-4-3-11(17)8-13(12)18)20-16(22)10-5-6-19-14(21)7-10/h3-9,15H,1-2H3,(H,19,21)(H,20,22)/t15-/m1/s1. The van der Waals surface area contributed by atoms with E-state index in [0.717, 1.165) is 0 Å². The molecule has 116 valence electrons. The van der Waals surface area contributed by atoms with Crippen molar-refractivity contribution >= 4 is 17.5 Å². The predicted molar refractivity (Wildman–Crippen MR) is 83.5 cm³/mol. The highest BCUT2D eigenvalue weighted by Crippen LogP contribution is 2.26. The molecule has 22 heavy (non-hydrogen) atoms. The lowest BCUT2D eigenvalue weighted by molar-refractivity contribution is 0.0924. The number of carbonyl (C=O) groups is 1. The number of benzene rings is 1. The maximum absolute atomic E-state index is 14.1. The third kappa shape index (κ3) is 3.74. The summed E-state index contributed by atoms with van der Waals surface area (Å²) in [6.07, 6.45) is 1.39. The molecule has 0 saturated heterocycles. The number of pyridine rings is 1. The van der Waals surface area contributed by atoms with Crippen LogP contribution in [0.4, 0.5) is 4.39 Å². The number of hydrogen-bond acceptors (Lipinski definition) is 2. The first kappa shape index (κ1) is 16.2. The number of halogens is 2. The molecular weight excluding hydrogens is 307 g/mol. The van der Waals surface area contributed by atoms with Gasteiger partial charge in [-0.1, -0.05) is 31.5 Å². The summed E-state index contributed by atoms with van der Waals surface area (Å²) in [5.74, 6) is -0.946. The molecule has 0 saturated carbocycles. The lowest BCUT2D eigenvalue weighted by Crippen LogP contribution is -2.32. The quantitative estimate of drug-likeness (QED) is 0.907. The second-order valence-corrected chi connectivity index (χ2v) is 5.74. The van der Waals surface area contributed by atoms with E-state index in [2.05, 4.69) is 10.3 Å². The molecule has 0 aliphatic heterocycles. The van der Waals surface area contributed by atoms with Gasteiger partial charge in [-0.2, -0.15) is 0 Å². The molecule has 2 rings (SSSR count). The van der Waals surface area contributed by atoms with Crippen molar-refractivity contribution in [2.75, 3.05) is 0 Å². The van der Waals surface area contributed by atoms with Gasteiger partial charge in [0.05, 0.1) is 6.04 Å². The van der Waals surface area contributed by atoms with Gasteiger partial charge in [0.15, 0.2) is 0 Å². The Morgan fingerprint density at radius 2 is 2.00 bits per heavy atom. The molecule has 1 heterocycles. The van der Waals surface area contributed by atoms with Gasteiger partial charge in [-0.15, -0.1) is 0 Å². The van der Waals surface area contributed by atoms with E-state index < -0.39 is 17.8 Å². The van der Waals surface area contributed by atoms with Crippen LogP contribution < -0.4 is 10.9 Å². The minimum absolute atomic E-state index is 0.0402. The van der Waals surface area contributed by atoms with Crippen molar-refractivity contribution in [3.05, 3.63) is 68.8 Å². The summed E-state index contributed by atoms with van der Waals surface area (Å²) in [6.45, 7) is 3.74. The summed E-state index contributed by atoms with van der Waals surface area (Å²) in [4.78, 5) is 26.0. The van der Waals surface area contributed by atoms with E-state index in [4.69, 9.17) is 11.6 Å². The van der Waals surface area contributed by atoms with E-state index in [-0.39, 0.29) is 17.0 Å². The maximum atomic E-state index is 14.1. The molecule has 0 unspecified atom stereocenters. The minimum Gasteiger partial charge on any atom is -0.345 e. The molecule has 1 amide bonds. The van der Waals surface area contributed by atoms with Crippen LogP contribution in [0.15, 0.2) is 41.3 Å². The summed E-state index contributed by atoms with van der Waals surface area (Å²) in [5, 5.41) is 3.06. The summed E-state index contributed by atoms with van der Waals surface area (Å²) in [5.41, 5.74) is 0.216. The first-order chi connectivity index (χ1) is 10.4. The largest absolute Gasteiger partial charge is 0.345 e. The number of carbonyl (C=O) groups excluding carboxylic acids is 1. The molecule has 1 atom stereocenters. The maximum Gasteiger partial charge on any atom is 0.252 e. The van der Waals surface area contributed by atoms with E-state index >= 15 is 0 Å². The van der Waals surface area contributed by atoms with Gasteiger partial charge < -0.3 is 10.3 Å². The summed E-state index contributed by atoms with van der Waals surface area (Å²) in [6, 6.07) is 6.52. The molecule has 0 aliphatic carbocycles. The lowest BCUT2D eigenvalue weighted by atomic mass is 9.95. The molecule has 0 bridgehead atoms. The zero-order valence-corrected chi connectivity index (χ0v) is 12.9. The van der Waals surface area contributed by atoms with Crippen LogP contribution in [0.25, 0.3) is 0 Å². The van der Waals surface area contributed by atoms with E-state index in [9.17, 15) is 14.0 Å². The fourth-order valence-electron chi connectivity index (χ4n) is 2.17. The summed E-state index contributed by atoms with van der Waals surface area (Å²) in [7, 11) is 0. The SMILES string of the molecule is CC(C)[C@@H](NC(=O)c1cc[nH]c(=O)c1)c1ccc(Cl)cc1F. The van der Waals surface area contributed by atoms with Gasteiger partial charge in [0.25, 0.3) is 5.91 Å². The highest BCUT2D eigenvalue weighted by Gasteiger charge is 2.22. The molecule has 0 aliphatic rings. The van der Waals surface area contributed by atoms with Crippen LogP contribution in [0.1, 0.15) is 35.8 Å². The average Bonchev–Trinajstić information content (AvgIpc) is 2.45. The Morgan fingerprint density at radius 1 is 1.27 bits per heavy atom. The third-order valence-electron chi connectivity index (χ3n) is 3.29. The Morgan fingerprint density at radius 3 is 2.59 bits per heavy atom. The zero-order valence-electron chi connectivity index (χ0n) is 12.2. The highest BCUT2D eigenvalue weighted by atomic mass is 35.5. The van der Waals surface area contributed by atoms with Gasteiger partial charge >= 0.3 is 0 Å². The Labute approximate surface area is 132 Å². The van der Waals surface area contributed by atoms with Crippen molar-refractivity contribution in [2.24, 2.45) is 5.92 Å². The monoisotopic (exact) mass is 322 g/mol. The molecule has 0 fully saturated rings. The first-order valence-corrected chi connectivity index (χ1v) is 7.21. The van der Waals surface area contributed by atoms with Crippen LogP contribution in [0.5, 0.6) is 0 Å². The molecular formula is C16H16ClFN2O2. The normalized spacial score (nSPS) is 12.2. The van der Waals surface area contributed by atoms with Gasteiger partial charge in [0, 0.05) is 28.4 Å². The smallest absolute Gasteiger partial charge is 0.252 e. The van der Waals surface area contributed by atoms with Crippen LogP contribution in [0.3, 0.4) is 0 Å². The molecule has 4 nitrogen and oxygen atoms in total. The highest BCUT2D eigenvalue weighted by molar-refractivity contribution is 6.30. The molecule has 6 heteroatoms. The second-order valence-electron chi connectivity index (χ2n) is 5.30. The average molecular weight is 323 g/mol. The predicted octanol–water partition coefficient (Wildman–Crippen LogP) is 3.29. The molecule has 0 radical (unpaired) electrons. The van der Waals surface area contributed by atoms with Crippen molar-refractivity contribution in [3.63, 3.8) is 0 Å². The Balaban J connectivity index is 2.29. The third-order valence-corrected chi connectivity index (χ3v) is 3.52. The number of nitrogens with one attached hydrogen (secondary N) is 2. The minimum atomic E-state index is -0.524. The topological polar surface area (TPSA) is 62.0 Å². The Bertz CT molecular complexity index is 743. The van der Waals surface area contributed by atoms with E-state index in [0.29, 0.717) is 10.6 Å². The van der Waals surface area contributed by atoms with Crippen molar-refractivity contribution in [3.8, 4) is 0 Å². The molecule has 2 aromatic rings. The van der Waals surface area contributed by atoms with Crippen LogP contribution in [-0.4, -0.2) is 10.9 Å². The summed E-state index contributed by atoms with van der Waals surface area (Å²) >= 11 is 5.75. The molecule has 0 spiro atoms. The van der Waals surface area contributed by atoms with Gasteiger partial charge in [0.1, 0.15) is 5.82 Å². The Kier molecular flexibility index (Phi) is 4.98. The summed E-state index contributed by atoms with van der Waals surface area (Å²) < 4.78 is 14.1. The molecule has 1 aromatic heterocycles. The number of hydrogen-bond donors (Lipinski definition) is 2. The zero-order chi connectivity index (χ0) is 16.3. The van der Waals surface area contributed by atoms with Gasteiger partial charge in [0.2, 0.25) is 5.56 Å². The Hall–Kier alpha value is -2.14. The second kappa shape index (κ2) is 6.75. The number of aromatic nitrogens is 1. The molecule has 1 aromatic carbocycles. The van der Waals surface area contributed by atoms with Gasteiger partial charge in [-0.05, 0) is 24.1 Å². The van der Waals surface area contributed by atoms with Gasteiger partial charge in [-0.3, -0.25) is 9.59 Å². The van der Waals surface area contributed by atoms with Crippen molar-refractivity contribution in [2.45, 2.75) is 19.9 Å². The van der Waals surface area contributed by atoms with Gasteiger partial charge in [-0.25, -0.2) is 4.39 Å². The van der Waals surface area contributed by atoms with Crippen LogP contribution in [0.2, 0.25) is 5.02 Å². The number of amides is 1. The lowest BCUT2D eigenvalue weighted by Gasteiger charge is -2.23. The van der Waals surface area contributed by atoms with E-state index in [1.165, 1.54) is 24.4 Å². The van der Waals surface area contributed by atoms with E-state index in [1.807, 2.05) is 13.8 Å². The number of aromatic amines is 1. The van der Waals surface area contributed by atoms with Crippen LogP contribution in [-0.2, 0) is 0 Å². The number of H-pyrrole nitrogens is 1. The van der Waals surface area contributed by atoms with Crippen LogP contribution >= 0.6 is 11.6 Å². The fourth-order valence-corrected chi connectivity index (χ4v) is 2.33. The molecule has 2 N–H and O–H groups in total. The van der Waals surface area contributed by atoms with Crippen molar-refractivity contribution in [1.29, 1.82) is 0 Å². The van der Waals surface area contributed by atoms with E-state index in [1.54, 1.807) is 12.1 Å². The van der Waals surface area contributed by atoms with Crippen molar-refractivity contribution in [1.82, 2.24) is 10.3 Å². The van der Waals surface area contributed by atoms with Crippen LogP contribution in [0, 0.1) is 11.7 Å². The van der Waals surface area contributed by atoms with Crippen molar-refractivity contribution < 1.29 is 9.18 Å². The first-order valence-electron chi connectivity index (χ1n) is 6.83.